The van der Waals surface area contributed by atoms with Crippen LogP contribution in [0, 0.1) is 0 Å². The second-order valence-electron chi connectivity index (χ2n) is 5.50. The van der Waals surface area contributed by atoms with Gasteiger partial charge in [-0.1, -0.05) is 12.1 Å². The van der Waals surface area contributed by atoms with E-state index >= 15 is 0 Å². The second kappa shape index (κ2) is 7.85. The maximum Gasteiger partial charge on any atom is 0.573 e. The monoisotopic (exact) mass is 377 g/mol. The van der Waals surface area contributed by atoms with Gasteiger partial charge >= 0.3 is 6.36 Å². The molecule has 2 N–H and O–H groups in total. The highest BCUT2D eigenvalue weighted by Gasteiger charge is 2.30. The third-order valence-electron chi connectivity index (χ3n) is 3.50. The van der Waals surface area contributed by atoms with Crippen LogP contribution in [0.3, 0.4) is 0 Å². The van der Waals surface area contributed by atoms with Crippen molar-refractivity contribution in [2.45, 2.75) is 19.2 Å². The van der Waals surface area contributed by atoms with E-state index in [1.54, 1.807) is 24.5 Å². The summed E-state index contributed by atoms with van der Waals surface area (Å²) in [7, 11) is 0. The molecule has 1 amide bonds. The molecule has 1 aromatic carbocycles. The number of pyridine rings is 1. The Bertz CT molecular complexity index is 895. The number of amides is 1. The van der Waals surface area contributed by atoms with E-state index in [1.165, 1.54) is 24.3 Å². The van der Waals surface area contributed by atoms with Crippen LogP contribution in [-0.4, -0.2) is 32.4 Å². The smallest absolute Gasteiger partial charge is 0.406 e. The van der Waals surface area contributed by atoms with E-state index in [0.717, 1.165) is 5.56 Å². The number of anilines is 1. The van der Waals surface area contributed by atoms with Crippen LogP contribution in [0.1, 0.15) is 12.0 Å². The van der Waals surface area contributed by atoms with Crippen LogP contribution in [0.4, 0.5) is 19.1 Å². The summed E-state index contributed by atoms with van der Waals surface area (Å²) in [5, 5.41) is 10.4. The number of carbonyl (C=O) groups is 1. The van der Waals surface area contributed by atoms with Gasteiger partial charge in [-0.15, -0.1) is 23.4 Å². The Hall–Kier alpha value is -3.43. The molecule has 3 rings (SSSR count). The number of aromatic amines is 1. The molecule has 0 saturated carbocycles. The van der Waals surface area contributed by atoms with Crippen molar-refractivity contribution in [1.82, 2.24) is 20.2 Å². The summed E-state index contributed by atoms with van der Waals surface area (Å²) in [6.07, 6.45) is -1.02. The summed E-state index contributed by atoms with van der Waals surface area (Å²) < 4.78 is 40.2. The number of H-pyrrole nitrogens is 1. The standard InChI is InChI=1S/C17H14F3N5O2/c18-17(19,20)27-13-4-1-11(2-5-13)3-6-14(26)22-16-23-15(24-25-16)12-7-9-21-10-8-12/h1-2,4-5,7-10H,3,6H2,(H2,22,23,24,25,26). The first-order valence-corrected chi connectivity index (χ1v) is 7.87. The number of alkyl halides is 3. The molecule has 140 valence electrons. The lowest BCUT2D eigenvalue weighted by Crippen LogP contribution is -2.17. The first-order valence-electron chi connectivity index (χ1n) is 7.87. The van der Waals surface area contributed by atoms with Gasteiger partial charge in [0.15, 0.2) is 5.82 Å². The van der Waals surface area contributed by atoms with E-state index in [-0.39, 0.29) is 24.0 Å². The van der Waals surface area contributed by atoms with E-state index in [0.29, 0.717) is 17.8 Å². The van der Waals surface area contributed by atoms with Crippen molar-refractivity contribution < 1.29 is 22.7 Å². The molecule has 27 heavy (non-hydrogen) atoms. The Labute approximate surface area is 151 Å². The van der Waals surface area contributed by atoms with Crippen LogP contribution in [0.2, 0.25) is 0 Å². The van der Waals surface area contributed by atoms with Crippen molar-refractivity contribution in [2.75, 3.05) is 5.32 Å². The minimum atomic E-state index is -4.73. The molecule has 0 radical (unpaired) electrons. The van der Waals surface area contributed by atoms with Gasteiger partial charge in [-0.3, -0.25) is 15.1 Å². The van der Waals surface area contributed by atoms with E-state index in [2.05, 4.69) is 30.2 Å². The molecule has 0 saturated heterocycles. The molecule has 0 bridgehead atoms. The van der Waals surface area contributed by atoms with Crippen LogP contribution < -0.4 is 10.1 Å². The highest BCUT2D eigenvalue weighted by molar-refractivity contribution is 5.89. The summed E-state index contributed by atoms with van der Waals surface area (Å²) in [5.41, 5.74) is 1.48. The number of carbonyl (C=O) groups excluding carboxylic acids is 1. The van der Waals surface area contributed by atoms with E-state index in [1.807, 2.05) is 0 Å². The Kier molecular flexibility index (Phi) is 5.34. The first-order chi connectivity index (χ1) is 12.9. The van der Waals surface area contributed by atoms with Gasteiger partial charge in [0.1, 0.15) is 5.75 Å². The number of rotatable bonds is 6. The molecule has 10 heteroatoms. The zero-order valence-corrected chi connectivity index (χ0v) is 13.8. The van der Waals surface area contributed by atoms with Gasteiger partial charge in [-0.25, -0.2) is 0 Å². The van der Waals surface area contributed by atoms with Crippen molar-refractivity contribution in [3.8, 4) is 17.1 Å². The number of hydrogen-bond donors (Lipinski definition) is 2. The van der Waals surface area contributed by atoms with Gasteiger partial charge in [0.05, 0.1) is 0 Å². The Morgan fingerprint density at radius 3 is 2.44 bits per heavy atom. The molecule has 0 unspecified atom stereocenters. The van der Waals surface area contributed by atoms with Crippen LogP contribution in [-0.2, 0) is 11.2 Å². The first kappa shape index (κ1) is 18.4. The number of halogens is 3. The average molecular weight is 377 g/mol. The molecule has 0 atom stereocenters. The van der Waals surface area contributed by atoms with Crippen LogP contribution in [0.5, 0.6) is 5.75 Å². The molecule has 0 aliphatic carbocycles. The highest BCUT2D eigenvalue weighted by atomic mass is 19.4. The van der Waals surface area contributed by atoms with E-state index in [4.69, 9.17) is 0 Å². The molecule has 0 fully saturated rings. The largest absolute Gasteiger partial charge is 0.573 e. The predicted molar refractivity (Wildman–Crippen MR) is 89.7 cm³/mol. The van der Waals surface area contributed by atoms with Gasteiger partial charge < -0.3 is 9.72 Å². The molecule has 7 nitrogen and oxygen atoms in total. The molecular weight excluding hydrogens is 363 g/mol. The number of hydrogen-bond acceptors (Lipinski definition) is 5. The maximum absolute atomic E-state index is 12.1. The average Bonchev–Trinajstić information content (AvgIpc) is 3.09. The minimum absolute atomic E-state index is 0.130. The number of aryl methyl sites for hydroxylation is 1. The summed E-state index contributed by atoms with van der Waals surface area (Å²) in [6.45, 7) is 0. The van der Waals surface area contributed by atoms with Crippen molar-refractivity contribution in [2.24, 2.45) is 0 Å². The van der Waals surface area contributed by atoms with Crippen LogP contribution in [0.15, 0.2) is 48.8 Å². The van der Waals surface area contributed by atoms with Crippen molar-refractivity contribution in [1.29, 1.82) is 0 Å². The minimum Gasteiger partial charge on any atom is -0.406 e. The molecule has 0 aliphatic rings. The lowest BCUT2D eigenvalue weighted by atomic mass is 10.1. The molecule has 0 aliphatic heterocycles. The summed E-state index contributed by atoms with van der Waals surface area (Å²) in [4.78, 5) is 18.8. The quantitative estimate of drug-likeness (QED) is 0.687. The summed E-state index contributed by atoms with van der Waals surface area (Å²) in [5.74, 6) is 0.0951. The molecule has 3 aromatic rings. The lowest BCUT2D eigenvalue weighted by molar-refractivity contribution is -0.274. The molecule has 2 heterocycles. The molecular formula is C17H14F3N5O2. The zero-order valence-electron chi connectivity index (χ0n) is 13.8. The Morgan fingerprint density at radius 2 is 1.78 bits per heavy atom. The van der Waals surface area contributed by atoms with Crippen LogP contribution in [0.25, 0.3) is 11.4 Å². The van der Waals surface area contributed by atoms with Gasteiger partial charge in [-0.05, 0) is 36.2 Å². The number of aromatic nitrogens is 4. The van der Waals surface area contributed by atoms with E-state index < -0.39 is 6.36 Å². The lowest BCUT2D eigenvalue weighted by Gasteiger charge is -2.09. The zero-order chi connectivity index (χ0) is 19.3. The third-order valence-corrected chi connectivity index (χ3v) is 3.50. The second-order valence-corrected chi connectivity index (χ2v) is 5.50. The Morgan fingerprint density at radius 1 is 1.07 bits per heavy atom. The SMILES string of the molecule is O=C(CCc1ccc(OC(F)(F)F)cc1)Nc1nnc(-c2ccncc2)[nH]1. The third kappa shape index (κ3) is 5.53. The highest BCUT2D eigenvalue weighted by Crippen LogP contribution is 2.23. The topological polar surface area (TPSA) is 92.8 Å². The van der Waals surface area contributed by atoms with Gasteiger partial charge in [0.2, 0.25) is 11.9 Å². The molecule has 2 aromatic heterocycles. The normalized spacial score (nSPS) is 11.2. The Balaban J connectivity index is 1.51. The predicted octanol–water partition coefficient (Wildman–Crippen LogP) is 3.34. The fourth-order valence-corrected chi connectivity index (χ4v) is 2.27. The summed E-state index contributed by atoms with van der Waals surface area (Å²) in [6, 6.07) is 8.86. The number of nitrogens with zero attached hydrogens (tertiary/aromatic N) is 3. The number of ether oxygens (including phenoxy) is 1. The van der Waals surface area contributed by atoms with E-state index in [9.17, 15) is 18.0 Å². The maximum atomic E-state index is 12.1. The number of nitrogens with one attached hydrogen (secondary N) is 2. The van der Waals surface area contributed by atoms with Gasteiger partial charge in [-0.2, -0.15) is 0 Å². The van der Waals surface area contributed by atoms with Gasteiger partial charge in [0.25, 0.3) is 0 Å². The van der Waals surface area contributed by atoms with Crippen LogP contribution >= 0.6 is 0 Å². The molecule has 0 spiro atoms. The fourth-order valence-electron chi connectivity index (χ4n) is 2.27. The van der Waals surface area contributed by atoms with Crippen molar-refractivity contribution in [3.05, 3.63) is 54.4 Å². The number of benzene rings is 1. The van der Waals surface area contributed by atoms with Gasteiger partial charge in [0, 0.05) is 24.4 Å². The van der Waals surface area contributed by atoms with Crippen molar-refractivity contribution >= 4 is 11.9 Å². The fraction of sp³-hybridized carbons (Fsp3) is 0.176. The van der Waals surface area contributed by atoms with Crippen molar-refractivity contribution in [3.63, 3.8) is 0 Å². The summed E-state index contributed by atoms with van der Waals surface area (Å²) >= 11 is 0.